The quantitative estimate of drug-likeness (QED) is 0.0910. The molecular formula is C102H180N12O6. The van der Waals surface area contributed by atoms with Gasteiger partial charge in [0.25, 0.3) is 0 Å². The van der Waals surface area contributed by atoms with Crippen LogP contribution in [0.25, 0.3) is 0 Å². The molecule has 20 unspecified atom stereocenters. The van der Waals surface area contributed by atoms with Crippen LogP contribution in [0.5, 0.6) is 0 Å². The fraction of sp³-hybridized carbons (Fsp3) is 0.941. The number of likely N-dealkylation sites (tertiary alicyclic amines) is 6. The van der Waals surface area contributed by atoms with Crippen LogP contribution in [0.15, 0.2) is 0 Å². The van der Waals surface area contributed by atoms with Crippen molar-refractivity contribution in [2.75, 3.05) is 101 Å². The lowest BCUT2D eigenvalue weighted by Crippen LogP contribution is -2.55. The van der Waals surface area contributed by atoms with E-state index in [4.69, 9.17) is 0 Å². The molecule has 18 aliphatic rings. The number of nitrogens with one attached hydrogen (secondary N) is 6. The van der Waals surface area contributed by atoms with Gasteiger partial charge in [-0.25, -0.2) is 0 Å². The number of likely N-dealkylation sites (N-methyl/N-ethyl adjacent to an activating group) is 6. The van der Waals surface area contributed by atoms with Crippen molar-refractivity contribution >= 4 is 35.4 Å². The van der Waals surface area contributed by atoms with Crippen molar-refractivity contribution in [1.29, 1.82) is 0 Å². The molecule has 18 fully saturated rings. The Morgan fingerprint density at radius 3 is 0.942 bits per heavy atom. The zero-order valence-electron chi connectivity index (χ0n) is 80.0. The standard InChI is InChI=1S/2C18H32N2O.2C17H30N2O.2C16H28N2O/c1-18(2)7-6-16(19-3)17(21)20(12-18)11-15-9-13-4-5-14(8-13)10-15;1-18(2)8-7-16(19-3)17(21)20(12-18)11-15-10-13-5-4-6-14(15)9-13;1-17(2)7-6-15(18-3)16(20)19(11-17)10-14-9-12-4-5-13(14)8-12;1-17(2)8-7-14(18-3)16(20)19(11-17)15-10-12-5-4-6-13(15)9-12;1-15(2)7-6-13(17-3)14(19)18(11-15)16-8-4-12(10-16)5-9-16;1-16(2)7-6-13(17-3)15(19)18(10-16)14-9-11-4-5-12(14)8-11/h2*13-16,19H,4-12H2,1-3H3;2*12-15,18H,4-11H2,1-3H3;12-13,17H,4-11H2,1-3H3;11-14,17H,4-10H2,1-3H3. The molecule has 0 spiro atoms. The maximum Gasteiger partial charge on any atom is 0.240 e. The van der Waals surface area contributed by atoms with Gasteiger partial charge in [-0.05, 0) is 357 Å². The predicted octanol–water partition coefficient (Wildman–Crippen LogP) is 16.5. The lowest BCUT2D eigenvalue weighted by molar-refractivity contribution is -0.140. The number of carbonyl (C=O) groups excluding carboxylic acids is 6. The van der Waals surface area contributed by atoms with Crippen molar-refractivity contribution in [3.05, 3.63) is 0 Å². The van der Waals surface area contributed by atoms with E-state index in [0.717, 1.165) is 219 Å². The Kier molecular flexibility index (Phi) is 31.1. The average Bonchev–Trinajstić information content (AvgIpc) is 1.60. The van der Waals surface area contributed by atoms with Gasteiger partial charge >= 0.3 is 0 Å². The molecule has 0 aromatic rings. The first-order valence-corrected chi connectivity index (χ1v) is 50.7. The molecule has 6 saturated heterocycles. The molecule has 12 bridgehead atoms. The molecule has 12 saturated carbocycles. The molecule has 0 radical (unpaired) electrons. The molecule has 684 valence electrons. The van der Waals surface area contributed by atoms with Crippen molar-refractivity contribution in [3.8, 4) is 0 Å². The highest BCUT2D eigenvalue weighted by atomic mass is 16.2. The van der Waals surface area contributed by atoms with Gasteiger partial charge in [-0.15, -0.1) is 0 Å². The number of hydrogen-bond acceptors (Lipinski definition) is 12. The van der Waals surface area contributed by atoms with Crippen LogP contribution in [0.4, 0.5) is 0 Å². The maximum absolute atomic E-state index is 12.9. The minimum atomic E-state index is 0.0343. The summed E-state index contributed by atoms with van der Waals surface area (Å²) in [5.41, 5.74) is 1.79. The molecule has 18 heteroatoms. The fourth-order valence-electron chi connectivity index (χ4n) is 29.1. The number of rotatable bonds is 15. The number of carbonyl (C=O) groups is 6. The summed E-state index contributed by atoms with van der Waals surface area (Å²) >= 11 is 0. The van der Waals surface area contributed by atoms with E-state index in [1.54, 1.807) is 0 Å². The molecule has 6 aliphatic heterocycles. The molecule has 0 aromatic carbocycles. The number of nitrogens with zero attached hydrogens (tertiary/aromatic N) is 6. The SMILES string of the molecule is CNC1CCC(C)(C)CN(C23CCC(CC2)C3)C1=O.CNC1CCC(C)(C)CN(C2CC3CCC2C3)C1=O.CNC1CCC(C)(C)CN(C2CC3CCCC2C3)C1=O.CNC1CCC(C)(C)CN(CC2CC3CCC(C3)C2)C1=O.CNC1CCC(C)(C)CN(CC2CC3CCC2C3)C1=O.CNC1CCC(C)(C)CN(CC2CC3CCCC2C3)C1=O. The Labute approximate surface area is 731 Å². The van der Waals surface area contributed by atoms with Gasteiger partial charge in [0.15, 0.2) is 0 Å². The highest BCUT2D eigenvalue weighted by Crippen LogP contribution is 2.55. The first-order valence-electron chi connectivity index (χ1n) is 50.7. The summed E-state index contributed by atoms with van der Waals surface area (Å²) in [6, 6.07) is 1.30. The fourth-order valence-corrected chi connectivity index (χ4v) is 29.1. The van der Waals surface area contributed by atoms with Gasteiger partial charge in [-0.1, -0.05) is 141 Å². The van der Waals surface area contributed by atoms with E-state index < -0.39 is 0 Å². The van der Waals surface area contributed by atoms with Gasteiger partial charge in [0.2, 0.25) is 35.4 Å². The lowest BCUT2D eigenvalue weighted by Gasteiger charge is -2.43. The smallest absolute Gasteiger partial charge is 0.240 e. The molecule has 120 heavy (non-hydrogen) atoms. The molecule has 18 nitrogen and oxygen atoms in total. The lowest BCUT2D eigenvalue weighted by atomic mass is 9.80. The minimum Gasteiger partial charge on any atom is -0.341 e. The Hall–Kier alpha value is -3.42. The summed E-state index contributed by atoms with van der Waals surface area (Å²) < 4.78 is 0. The number of amides is 6. The predicted molar refractivity (Wildman–Crippen MR) is 488 cm³/mol. The molecule has 0 aromatic heterocycles. The summed E-state index contributed by atoms with van der Waals surface area (Å²) in [7, 11) is 11.6. The van der Waals surface area contributed by atoms with Gasteiger partial charge in [0.05, 0.1) is 36.3 Å². The van der Waals surface area contributed by atoms with Crippen LogP contribution >= 0.6 is 0 Å². The van der Waals surface area contributed by atoms with E-state index in [-0.39, 0.29) is 74.3 Å². The van der Waals surface area contributed by atoms with E-state index in [1.165, 1.54) is 180 Å². The normalized spacial score (nSPS) is 40.5. The molecule has 12 aliphatic carbocycles. The molecule has 6 N–H and O–H groups in total. The highest BCUT2D eigenvalue weighted by Gasteiger charge is 2.55. The third-order valence-corrected chi connectivity index (χ3v) is 36.0. The van der Waals surface area contributed by atoms with Gasteiger partial charge < -0.3 is 61.3 Å². The van der Waals surface area contributed by atoms with Crippen molar-refractivity contribution in [3.63, 3.8) is 0 Å². The maximum atomic E-state index is 12.9. The molecule has 20 atom stereocenters. The topological polar surface area (TPSA) is 194 Å². The Morgan fingerprint density at radius 2 is 0.575 bits per heavy atom. The number of hydrogen-bond donors (Lipinski definition) is 6. The van der Waals surface area contributed by atoms with Crippen LogP contribution in [0.1, 0.15) is 340 Å². The van der Waals surface area contributed by atoms with Crippen LogP contribution in [-0.2, 0) is 28.8 Å². The second kappa shape index (κ2) is 39.7. The molecular weight excluding hydrogens is 1490 g/mol. The zero-order valence-corrected chi connectivity index (χ0v) is 80.0. The van der Waals surface area contributed by atoms with Crippen molar-refractivity contribution in [2.45, 2.75) is 394 Å². The van der Waals surface area contributed by atoms with Crippen LogP contribution in [-0.4, -0.2) is 220 Å². The van der Waals surface area contributed by atoms with Gasteiger partial charge in [0, 0.05) is 76.5 Å². The van der Waals surface area contributed by atoms with Crippen LogP contribution in [0.2, 0.25) is 0 Å². The second-order valence-corrected chi connectivity index (χ2v) is 49.1. The van der Waals surface area contributed by atoms with Crippen LogP contribution in [0.3, 0.4) is 0 Å². The third kappa shape index (κ3) is 23.2. The molecule has 6 amide bonds. The second-order valence-electron chi connectivity index (χ2n) is 49.1. The van der Waals surface area contributed by atoms with E-state index in [0.29, 0.717) is 47.5 Å². The summed E-state index contributed by atoms with van der Waals surface area (Å²) in [5.74, 6) is 14.4. The third-order valence-electron chi connectivity index (χ3n) is 36.0. The van der Waals surface area contributed by atoms with Gasteiger partial charge in [0.1, 0.15) is 0 Å². The van der Waals surface area contributed by atoms with Crippen molar-refractivity contribution in [1.82, 2.24) is 61.3 Å². The van der Waals surface area contributed by atoms with Gasteiger partial charge in [-0.3, -0.25) is 28.8 Å². The number of fused-ring (bicyclic) bond motifs is 12. The molecule has 6 heterocycles. The van der Waals surface area contributed by atoms with E-state index in [9.17, 15) is 28.8 Å². The minimum absolute atomic E-state index is 0.0343. The first-order chi connectivity index (χ1) is 56.9. The van der Waals surface area contributed by atoms with Gasteiger partial charge in [-0.2, -0.15) is 0 Å². The Bertz CT molecular complexity index is 3390. The largest absolute Gasteiger partial charge is 0.341 e. The van der Waals surface area contributed by atoms with Crippen LogP contribution in [0, 0.1) is 115 Å². The zero-order chi connectivity index (χ0) is 86.0. The first kappa shape index (κ1) is 94.2. The van der Waals surface area contributed by atoms with Crippen LogP contribution < -0.4 is 31.9 Å². The summed E-state index contributed by atoms with van der Waals surface area (Å²) in [6.07, 6.45) is 51.2. The van der Waals surface area contributed by atoms with E-state index >= 15 is 0 Å². The summed E-state index contributed by atoms with van der Waals surface area (Å²) in [4.78, 5) is 90.3. The molecule has 18 rings (SSSR count). The monoisotopic (exact) mass is 1670 g/mol. The van der Waals surface area contributed by atoms with E-state index in [2.05, 4.69) is 144 Å². The average molecular weight is 1670 g/mol. The summed E-state index contributed by atoms with van der Waals surface area (Å²) in [5, 5.41) is 19.4. The summed E-state index contributed by atoms with van der Waals surface area (Å²) in [6.45, 7) is 36.6. The van der Waals surface area contributed by atoms with Crippen molar-refractivity contribution < 1.29 is 28.8 Å². The highest BCUT2D eigenvalue weighted by molar-refractivity contribution is 5.85. The Morgan fingerprint density at radius 1 is 0.267 bits per heavy atom. The Balaban J connectivity index is 0.000000125. The van der Waals surface area contributed by atoms with Crippen molar-refractivity contribution in [2.24, 2.45) is 115 Å². The van der Waals surface area contributed by atoms with E-state index in [1.807, 2.05) is 42.3 Å².